The molecular formula is C16H16N4OS. The first-order chi connectivity index (χ1) is 10.7. The van der Waals surface area contributed by atoms with E-state index < -0.39 is 0 Å². The van der Waals surface area contributed by atoms with Crippen molar-refractivity contribution in [2.45, 2.75) is 25.8 Å². The lowest BCUT2D eigenvalue weighted by molar-refractivity contribution is 0.0730. The summed E-state index contributed by atoms with van der Waals surface area (Å²) in [6, 6.07) is 8.16. The Morgan fingerprint density at radius 2 is 2.32 bits per heavy atom. The van der Waals surface area contributed by atoms with E-state index in [0.29, 0.717) is 5.69 Å². The van der Waals surface area contributed by atoms with E-state index in [1.54, 1.807) is 6.20 Å². The molecule has 1 amide bonds. The molecule has 1 saturated heterocycles. The molecule has 1 aliphatic rings. The topological polar surface area (TPSA) is 61.9 Å². The number of likely N-dealkylation sites (tertiary alicyclic amines) is 1. The number of hydrogen-bond donors (Lipinski definition) is 1. The lowest BCUT2D eigenvalue weighted by atomic mass is 10.1. The van der Waals surface area contributed by atoms with Crippen LogP contribution in [-0.4, -0.2) is 31.9 Å². The number of carbonyl (C=O) groups is 1. The molecular weight excluding hydrogens is 296 g/mol. The van der Waals surface area contributed by atoms with Crippen LogP contribution in [0.15, 0.2) is 30.5 Å². The second kappa shape index (κ2) is 5.21. The zero-order valence-corrected chi connectivity index (χ0v) is 13.1. The number of amides is 1. The molecule has 0 spiro atoms. The van der Waals surface area contributed by atoms with E-state index >= 15 is 0 Å². The van der Waals surface area contributed by atoms with Crippen LogP contribution in [0.3, 0.4) is 0 Å². The fourth-order valence-electron chi connectivity index (χ4n) is 3.13. The smallest absolute Gasteiger partial charge is 0.274 e. The standard InChI is InChI=1S/C16H16N4OS/c1-10-4-5-14-11(9-10)15(19-22-14)16(21)20-8-2-3-13(20)12-6-7-17-18-12/h4-7,9,13H,2-3,8H2,1H3,(H,17,18)/t13-/m0/s1. The Hall–Kier alpha value is -2.21. The maximum Gasteiger partial charge on any atom is 0.274 e. The van der Waals surface area contributed by atoms with Crippen molar-refractivity contribution >= 4 is 27.5 Å². The Morgan fingerprint density at radius 1 is 1.41 bits per heavy atom. The van der Waals surface area contributed by atoms with Gasteiger partial charge in [0.25, 0.3) is 5.91 Å². The Kier molecular flexibility index (Phi) is 3.18. The molecule has 6 heteroatoms. The number of aromatic amines is 1. The summed E-state index contributed by atoms with van der Waals surface area (Å²) in [7, 11) is 0. The van der Waals surface area contributed by atoms with Gasteiger partial charge in [-0.15, -0.1) is 0 Å². The summed E-state index contributed by atoms with van der Waals surface area (Å²) in [5.41, 5.74) is 2.73. The van der Waals surface area contributed by atoms with Crippen LogP contribution in [0.5, 0.6) is 0 Å². The van der Waals surface area contributed by atoms with Crippen molar-refractivity contribution in [3.05, 3.63) is 47.4 Å². The fraction of sp³-hybridized carbons (Fsp3) is 0.312. The molecule has 112 valence electrons. The molecule has 3 heterocycles. The van der Waals surface area contributed by atoms with Crippen LogP contribution in [-0.2, 0) is 0 Å². The SMILES string of the molecule is Cc1ccc2snc(C(=O)N3CCC[C@H]3c3ccn[nH]3)c2c1. The van der Waals surface area contributed by atoms with E-state index in [0.717, 1.165) is 40.7 Å². The number of rotatable bonds is 2. The summed E-state index contributed by atoms with van der Waals surface area (Å²) >= 11 is 1.39. The van der Waals surface area contributed by atoms with Crippen LogP contribution in [0.4, 0.5) is 0 Å². The second-order valence-corrected chi connectivity index (χ2v) is 6.50. The van der Waals surface area contributed by atoms with Gasteiger partial charge in [0.1, 0.15) is 5.69 Å². The van der Waals surface area contributed by atoms with E-state index in [9.17, 15) is 4.79 Å². The largest absolute Gasteiger partial charge is 0.329 e. The molecule has 22 heavy (non-hydrogen) atoms. The van der Waals surface area contributed by atoms with Gasteiger partial charge in [-0.2, -0.15) is 9.47 Å². The molecule has 4 rings (SSSR count). The summed E-state index contributed by atoms with van der Waals surface area (Å²) in [5.74, 6) is 0.0222. The highest BCUT2D eigenvalue weighted by molar-refractivity contribution is 7.13. The Labute approximate surface area is 132 Å². The van der Waals surface area contributed by atoms with E-state index in [2.05, 4.69) is 20.6 Å². The average Bonchev–Trinajstić information content (AvgIpc) is 3.25. The Morgan fingerprint density at radius 3 is 3.14 bits per heavy atom. The van der Waals surface area contributed by atoms with Gasteiger partial charge in [0.15, 0.2) is 0 Å². The van der Waals surface area contributed by atoms with Gasteiger partial charge in [0.05, 0.1) is 16.4 Å². The molecule has 1 fully saturated rings. The molecule has 0 bridgehead atoms. The third kappa shape index (κ3) is 2.11. The van der Waals surface area contributed by atoms with Gasteiger partial charge in [-0.25, -0.2) is 0 Å². The van der Waals surface area contributed by atoms with Crippen molar-refractivity contribution in [3.63, 3.8) is 0 Å². The number of H-pyrrole nitrogens is 1. The number of fused-ring (bicyclic) bond motifs is 1. The lowest BCUT2D eigenvalue weighted by Gasteiger charge is -2.23. The average molecular weight is 312 g/mol. The van der Waals surface area contributed by atoms with E-state index in [1.165, 1.54) is 11.5 Å². The number of benzene rings is 1. The van der Waals surface area contributed by atoms with Gasteiger partial charge in [0, 0.05) is 18.1 Å². The third-order valence-electron chi connectivity index (χ3n) is 4.22. The summed E-state index contributed by atoms with van der Waals surface area (Å²) < 4.78 is 5.48. The summed E-state index contributed by atoms with van der Waals surface area (Å²) in [6.45, 7) is 2.81. The molecule has 1 N–H and O–H groups in total. The first-order valence-corrected chi connectivity index (χ1v) is 8.17. The van der Waals surface area contributed by atoms with Crippen molar-refractivity contribution in [1.29, 1.82) is 0 Å². The minimum Gasteiger partial charge on any atom is -0.329 e. The molecule has 1 aromatic carbocycles. The first-order valence-electron chi connectivity index (χ1n) is 7.40. The van der Waals surface area contributed by atoms with Gasteiger partial charge >= 0.3 is 0 Å². The van der Waals surface area contributed by atoms with Crippen LogP contribution in [0, 0.1) is 6.92 Å². The molecule has 1 aliphatic heterocycles. The van der Waals surface area contributed by atoms with Gasteiger partial charge in [0.2, 0.25) is 0 Å². The zero-order chi connectivity index (χ0) is 15.1. The molecule has 3 aromatic rings. The van der Waals surface area contributed by atoms with Crippen LogP contribution in [0.1, 0.15) is 40.6 Å². The highest BCUT2D eigenvalue weighted by Gasteiger charge is 2.33. The number of nitrogens with one attached hydrogen (secondary N) is 1. The van der Waals surface area contributed by atoms with Crippen molar-refractivity contribution in [2.75, 3.05) is 6.54 Å². The van der Waals surface area contributed by atoms with Crippen molar-refractivity contribution in [1.82, 2.24) is 19.5 Å². The lowest BCUT2D eigenvalue weighted by Crippen LogP contribution is -2.31. The van der Waals surface area contributed by atoms with Crippen LogP contribution in [0.25, 0.3) is 10.1 Å². The van der Waals surface area contributed by atoms with Crippen molar-refractivity contribution in [3.8, 4) is 0 Å². The summed E-state index contributed by atoms with van der Waals surface area (Å²) in [6.07, 6.45) is 3.71. The minimum absolute atomic E-state index is 0.0222. The maximum atomic E-state index is 13.0. The van der Waals surface area contributed by atoms with Crippen LogP contribution < -0.4 is 0 Å². The van der Waals surface area contributed by atoms with Crippen molar-refractivity contribution in [2.24, 2.45) is 0 Å². The second-order valence-electron chi connectivity index (χ2n) is 5.70. The number of nitrogens with zero attached hydrogens (tertiary/aromatic N) is 3. The highest BCUT2D eigenvalue weighted by atomic mass is 32.1. The molecule has 2 aromatic heterocycles. The van der Waals surface area contributed by atoms with Gasteiger partial charge < -0.3 is 4.90 Å². The third-order valence-corrected chi connectivity index (χ3v) is 5.05. The Balaban J connectivity index is 1.72. The monoisotopic (exact) mass is 312 g/mol. The molecule has 0 unspecified atom stereocenters. The first kappa shape index (κ1) is 13.5. The van der Waals surface area contributed by atoms with Gasteiger partial charge in [-0.3, -0.25) is 9.89 Å². The fourth-order valence-corrected chi connectivity index (χ4v) is 3.88. The summed E-state index contributed by atoms with van der Waals surface area (Å²) in [5, 5.41) is 7.97. The number of aryl methyl sites for hydroxylation is 1. The van der Waals surface area contributed by atoms with E-state index in [-0.39, 0.29) is 11.9 Å². The number of carbonyl (C=O) groups excluding carboxylic acids is 1. The number of hydrogen-bond acceptors (Lipinski definition) is 4. The van der Waals surface area contributed by atoms with E-state index in [1.807, 2.05) is 30.0 Å². The molecule has 0 aliphatic carbocycles. The highest BCUT2D eigenvalue weighted by Crippen LogP contribution is 2.33. The molecule has 0 saturated carbocycles. The van der Waals surface area contributed by atoms with Crippen molar-refractivity contribution < 1.29 is 4.79 Å². The minimum atomic E-state index is 0.0222. The maximum absolute atomic E-state index is 13.0. The van der Waals surface area contributed by atoms with Crippen LogP contribution >= 0.6 is 11.5 Å². The normalized spacial score (nSPS) is 18.2. The number of aromatic nitrogens is 3. The molecule has 1 atom stereocenters. The van der Waals surface area contributed by atoms with E-state index in [4.69, 9.17) is 0 Å². The molecule has 5 nitrogen and oxygen atoms in total. The zero-order valence-electron chi connectivity index (χ0n) is 12.2. The predicted octanol–water partition coefficient (Wildman–Crippen LogP) is 3.31. The van der Waals surface area contributed by atoms with Crippen LogP contribution in [0.2, 0.25) is 0 Å². The Bertz CT molecular complexity index is 824. The van der Waals surface area contributed by atoms with Gasteiger partial charge in [-0.05, 0) is 49.5 Å². The quantitative estimate of drug-likeness (QED) is 0.789. The molecule has 0 radical (unpaired) electrons. The summed E-state index contributed by atoms with van der Waals surface area (Å²) in [4.78, 5) is 14.9. The van der Waals surface area contributed by atoms with Gasteiger partial charge in [-0.1, -0.05) is 11.6 Å². The predicted molar refractivity (Wildman–Crippen MR) is 86.0 cm³/mol.